The van der Waals surface area contributed by atoms with E-state index >= 15 is 0 Å². The van der Waals surface area contributed by atoms with Crippen molar-refractivity contribution in [1.29, 1.82) is 0 Å². The third-order valence-corrected chi connectivity index (χ3v) is 3.57. The summed E-state index contributed by atoms with van der Waals surface area (Å²) in [5, 5.41) is 15.4. The number of urea groups is 1. The van der Waals surface area contributed by atoms with Crippen LogP contribution in [0.5, 0.6) is 0 Å². The standard InChI is InChI=1S/C17H19ClN2O2/c1-12-7-8-16(15(18)9-12)20-17(22)19-14(11-21)10-13-5-3-2-4-6-13/h2-9,14,21H,10-11H2,1H3,(H2,19,20,22). The van der Waals surface area contributed by atoms with Gasteiger partial charge in [-0.1, -0.05) is 48.0 Å². The lowest BCUT2D eigenvalue weighted by molar-refractivity contribution is 0.224. The molecule has 0 heterocycles. The Bertz CT molecular complexity index is 632. The summed E-state index contributed by atoms with van der Waals surface area (Å²) in [5.41, 5.74) is 2.62. The van der Waals surface area contributed by atoms with E-state index in [2.05, 4.69) is 10.6 Å². The molecule has 0 aliphatic heterocycles. The smallest absolute Gasteiger partial charge is 0.319 e. The fourth-order valence-corrected chi connectivity index (χ4v) is 2.41. The highest BCUT2D eigenvalue weighted by Gasteiger charge is 2.13. The molecule has 4 nitrogen and oxygen atoms in total. The molecule has 2 aromatic rings. The first-order chi connectivity index (χ1) is 10.6. The van der Waals surface area contributed by atoms with Crippen molar-refractivity contribution in [2.75, 3.05) is 11.9 Å². The number of aliphatic hydroxyl groups is 1. The summed E-state index contributed by atoms with van der Waals surface area (Å²) in [7, 11) is 0. The van der Waals surface area contributed by atoms with Crippen molar-refractivity contribution in [3.8, 4) is 0 Å². The minimum atomic E-state index is -0.388. The molecule has 2 rings (SSSR count). The highest BCUT2D eigenvalue weighted by Crippen LogP contribution is 2.22. The number of aliphatic hydroxyl groups excluding tert-OH is 1. The van der Waals surface area contributed by atoms with Crippen molar-refractivity contribution in [2.45, 2.75) is 19.4 Å². The molecule has 0 aromatic heterocycles. The molecule has 0 fully saturated rings. The largest absolute Gasteiger partial charge is 0.394 e. The number of amides is 2. The molecule has 0 saturated carbocycles. The Morgan fingerprint density at radius 1 is 1.23 bits per heavy atom. The summed E-state index contributed by atoms with van der Waals surface area (Å²) < 4.78 is 0. The number of rotatable bonds is 5. The molecule has 2 amide bonds. The van der Waals surface area contributed by atoms with Crippen LogP contribution < -0.4 is 10.6 Å². The van der Waals surface area contributed by atoms with Gasteiger partial charge in [0.1, 0.15) is 0 Å². The van der Waals surface area contributed by atoms with E-state index in [-0.39, 0.29) is 18.7 Å². The van der Waals surface area contributed by atoms with E-state index in [1.807, 2.05) is 43.3 Å². The second kappa shape index (κ2) is 7.82. The molecule has 0 saturated heterocycles. The van der Waals surface area contributed by atoms with Crippen LogP contribution in [0.1, 0.15) is 11.1 Å². The van der Waals surface area contributed by atoms with Gasteiger partial charge in [-0.15, -0.1) is 0 Å². The monoisotopic (exact) mass is 318 g/mol. The minimum Gasteiger partial charge on any atom is -0.394 e. The maximum Gasteiger partial charge on any atom is 0.319 e. The van der Waals surface area contributed by atoms with Gasteiger partial charge in [-0.05, 0) is 36.6 Å². The van der Waals surface area contributed by atoms with Gasteiger partial charge in [0.05, 0.1) is 23.4 Å². The summed E-state index contributed by atoms with van der Waals surface area (Å²) in [4.78, 5) is 12.0. The van der Waals surface area contributed by atoms with Crippen LogP contribution in [0.15, 0.2) is 48.5 Å². The lowest BCUT2D eigenvalue weighted by Gasteiger charge is -2.17. The van der Waals surface area contributed by atoms with Crippen LogP contribution in [0.25, 0.3) is 0 Å². The molecule has 22 heavy (non-hydrogen) atoms. The van der Waals surface area contributed by atoms with Crippen molar-refractivity contribution >= 4 is 23.3 Å². The molecule has 0 aliphatic rings. The topological polar surface area (TPSA) is 61.4 Å². The Morgan fingerprint density at radius 3 is 2.59 bits per heavy atom. The van der Waals surface area contributed by atoms with E-state index in [9.17, 15) is 9.90 Å². The molecule has 3 N–H and O–H groups in total. The lowest BCUT2D eigenvalue weighted by Crippen LogP contribution is -2.41. The summed E-state index contributed by atoms with van der Waals surface area (Å²) in [5.74, 6) is 0. The number of anilines is 1. The van der Waals surface area contributed by atoms with E-state index < -0.39 is 0 Å². The van der Waals surface area contributed by atoms with Crippen LogP contribution in [-0.2, 0) is 6.42 Å². The second-order valence-corrected chi connectivity index (χ2v) is 5.56. The Labute approximate surface area is 135 Å². The number of nitrogens with one attached hydrogen (secondary N) is 2. The molecule has 0 spiro atoms. The Kier molecular flexibility index (Phi) is 5.81. The Hall–Kier alpha value is -2.04. The quantitative estimate of drug-likeness (QED) is 0.791. The maximum absolute atomic E-state index is 12.0. The summed E-state index contributed by atoms with van der Waals surface area (Å²) in [6, 6.07) is 14.4. The van der Waals surface area contributed by atoms with Gasteiger partial charge >= 0.3 is 6.03 Å². The zero-order valence-electron chi connectivity index (χ0n) is 12.3. The zero-order chi connectivity index (χ0) is 15.9. The minimum absolute atomic E-state index is 0.135. The first kappa shape index (κ1) is 16.3. The zero-order valence-corrected chi connectivity index (χ0v) is 13.1. The van der Waals surface area contributed by atoms with Crippen molar-refractivity contribution in [3.05, 3.63) is 64.7 Å². The van der Waals surface area contributed by atoms with Gasteiger partial charge in [0.2, 0.25) is 0 Å². The van der Waals surface area contributed by atoms with Crippen LogP contribution in [-0.4, -0.2) is 23.8 Å². The number of hydrogen-bond acceptors (Lipinski definition) is 2. The van der Waals surface area contributed by atoms with Gasteiger partial charge in [0.15, 0.2) is 0 Å². The highest BCUT2D eigenvalue weighted by atomic mass is 35.5. The summed E-state index contributed by atoms with van der Waals surface area (Å²) in [6.07, 6.45) is 0.562. The third-order valence-electron chi connectivity index (χ3n) is 3.25. The van der Waals surface area contributed by atoms with Crippen molar-refractivity contribution in [3.63, 3.8) is 0 Å². The maximum atomic E-state index is 12.0. The van der Waals surface area contributed by atoms with Gasteiger partial charge in [0.25, 0.3) is 0 Å². The molecule has 0 bridgehead atoms. The number of carbonyl (C=O) groups is 1. The highest BCUT2D eigenvalue weighted by molar-refractivity contribution is 6.33. The molecule has 2 aromatic carbocycles. The first-order valence-corrected chi connectivity index (χ1v) is 7.44. The van der Waals surface area contributed by atoms with Gasteiger partial charge in [-0.2, -0.15) is 0 Å². The normalized spacial score (nSPS) is 11.8. The van der Waals surface area contributed by atoms with Gasteiger partial charge in [0, 0.05) is 0 Å². The van der Waals surface area contributed by atoms with Gasteiger partial charge < -0.3 is 15.7 Å². The fraction of sp³-hybridized carbons (Fsp3) is 0.235. The number of carbonyl (C=O) groups excluding carboxylic acids is 1. The second-order valence-electron chi connectivity index (χ2n) is 5.15. The van der Waals surface area contributed by atoms with Crippen LogP contribution >= 0.6 is 11.6 Å². The Morgan fingerprint density at radius 2 is 1.95 bits per heavy atom. The molecule has 1 atom stereocenters. The molecule has 1 unspecified atom stereocenters. The molecule has 116 valence electrons. The van der Waals surface area contributed by atoms with Crippen LogP contribution in [0.4, 0.5) is 10.5 Å². The van der Waals surface area contributed by atoms with Crippen molar-refractivity contribution in [1.82, 2.24) is 5.32 Å². The van der Waals surface area contributed by atoms with E-state index in [0.29, 0.717) is 17.1 Å². The van der Waals surface area contributed by atoms with Crippen molar-refractivity contribution in [2.24, 2.45) is 0 Å². The Balaban J connectivity index is 1.94. The van der Waals surface area contributed by atoms with E-state index in [4.69, 9.17) is 11.6 Å². The van der Waals surface area contributed by atoms with E-state index in [1.165, 1.54) is 0 Å². The first-order valence-electron chi connectivity index (χ1n) is 7.07. The molecule has 5 heteroatoms. The average Bonchev–Trinajstić information content (AvgIpc) is 2.50. The summed E-state index contributed by atoms with van der Waals surface area (Å²) in [6.45, 7) is 1.79. The predicted molar refractivity (Wildman–Crippen MR) is 89.4 cm³/mol. The molecular formula is C17H19ClN2O2. The van der Waals surface area contributed by atoms with Gasteiger partial charge in [-0.3, -0.25) is 0 Å². The van der Waals surface area contributed by atoms with Crippen LogP contribution in [0.2, 0.25) is 5.02 Å². The van der Waals surface area contributed by atoms with Crippen molar-refractivity contribution < 1.29 is 9.90 Å². The number of aryl methyl sites for hydroxylation is 1. The molecular weight excluding hydrogens is 300 g/mol. The fourth-order valence-electron chi connectivity index (χ4n) is 2.13. The summed E-state index contributed by atoms with van der Waals surface area (Å²) >= 11 is 6.08. The predicted octanol–water partition coefficient (Wildman–Crippen LogP) is 3.37. The molecule has 0 aliphatic carbocycles. The van der Waals surface area contributed by atoms with Crippen LogP contribution in [0, 0.1) is 6.92 Å². The van der Waals surface area contributed by atoms with Gasteiger partial charge in [-0.25, -0.2) is 4.79 Å². The lowest BCUT2D eigenvalue weighted by atomic mass is 10.1. The SMILES string of the molecule is Cc1ccc(NC(=O)NC(CO)Cc2ccccc2)c(Cl)c1. The molecule has 0 radical (unpaired) electrons. The number of halogens is 1. The number of hydrogen-bond donors (Lipinski definition) is 3. The average molecular weight is 319 g/mol. The van der Waals surface area contributed by atoms with E-state index in [0.717, 1.165) is 11.1 Å². The third kappa shape index (κ3) is 4.76. The van der Waals surface area contributed by atoms with E-state index in [1.54, 1.807) is 12.1 Å². The number of benzene rings is 2. The van der Waals surface area contributed by atoms with Crippen LogP contribution in [0.3, 0.4) is 0 Å².